The monoisotopic (exact) mass is 353 g/mol. The number of nitrogens with one attached hydrogen (secondary N) is 1. The molecule has 1 aromatic heterocycles. The smallest absolute Gasteiger partial charge is 0.234 e. The Morgan fingerprint density at radius 1 is 1.15 bits per heavy atom. The summed E-state index contributed by atoms with van der Waals surface area (Å²) < 4.78 is 5.92. The third-order valence-electron chi connectivity index (χ3n) is 4.79. The van der Waals surface area contributed by atoms with Gasteiger partial charge in [-0.25, -0.2) is 0 Å². The number of hydrogen-bond acceptors (Lipinski definition) is 4. The fraction of sp³-hybridized carbons (Fsp3) is 0.429. The van der Waals surface area contributed by atoms with Gasteiger partial charge in [0.2, 0.25) is 5.91 Å². The number of carbonyl (C=O) groups excluding carboxylic acids is 1. The molecule has 2 aromatic rings. The summed E-state index contributed by atoms with van der Waals surface area (Å²) in [5, 5.41) is 3.21. The minimum Gasteiger partial charge on any atom is -0.487 e. The number of amides is 1. The first-order chi connectivity index (χ1) is 12.5. The fourth-order valence-electron chi connectivity index (χ4n) is 3.49. The van der Waals surface area contributed by atoms with Crippen LogP contribution in [0, 0.1) is 0 Å². The van der Waals surface area contributed by atoms with Crippen LogP contribution in [-0.2, 0) is 11.4 Å². The van der Waals surface area contributed by atoms with E-state index in [1.807, 2.05) is 36.4 Å². The van der Waals surface area contributed by atoms with Crippen molar-refractivity contribution in [2.75, 3.05) is 6.54 Å². The summed E-state index contributed by atoms with van der Waals surface area (Å²) in [6, 6.07) is 12.1. The second kappa shape index (κ2) is 7.87. The molecular weight excluding hydrogens is 326 g/mol. The van der Waals surface area contributed by atoms with Gasteiger partial charge in [0.25, 0.3) is 0 Å². The fourth-order valence-corrected chi connectivity index (χ4v) is 3.49. The summed E-state index contributed by atoms with van der Waals surface area (Å²) in [6.45, 7) is 9.22. The van der Waals surface area contributed by atoms with Crippen LogP contribution in [0.5, 0.6) is 5.75 Å². The first-order valence-corrected chi connectivity index (χ1v) is 9.18. The summed E-state index contributed by atoms with van der Waals surface area (Å²) in [7, 11) is 0. The number of fused-ring (bicyclic) bond motifs is 2. The predicted octanol–water partition coefficient (Wildman–Crippen LogP) is 3.30. The maximum atomic E-state index is 12.8. The van der Waals surface area contributed by atoms with Gasteiger partial charge in [0.15, 0.2) is 0 Å². The van der Waals surface area contributed by atoms with Crippen molar-refractivity contribution in [3.05, 3.63) is 59.4 Å². The summed E-state index contributed by atoms with van der Waals surface area (Å²) in [6.07, 6.45) is 1.76. The van der Waals surface area contributed by atoms with E-state index in [4.69, 9.17) is 4.74 Å². The Kier molecular flexibility index (Phi) is 5.57. The Morgan fingerprint density at radius 2 is 1.85 bits per heavy atom. The molecule has 1 aliphatic rings. The quantitative estimate of drug-likeness (QED) is 0.896. The van der Waals surface area contributed by atoms with E-state index in [1.165, 1.54) is 0 Å². The Morgan fingerprint density at radius 3 is 2.58 bits per heavy atom. The highest BCUT2D eigenvalue weighted by atomic mass is 16.5. The van der Waals surface area contributed by atoms with E-state index in [0.29, 0.717) is 25.2 Å². The number of rotatable bonds is 5. The maximum absolute atomic E-state index is 12.8. The molecule has 0 bridgehead atoms. The highest BCUT2D eigenvalue weighted by Crippen LogP contribution is 2.34. The summed E-state index contributed by atoms with van der Waals surface area (Å²) >= 11 is 0. The van der Waals surface area contributed by atoms with E-state index in [1.54, 1.807) is 6.20 Å². The minimum atomic E-state index is -0.258. The van der Waals surface area contributed by atoms with E-state index in [0.717, 1.165) is 22.6 Å². The van der Waals surface area contributed by atoms with E-state index >= 15 is 0 Å². The first-order valence-electron chi connectivity index (χ1n) is 9.18. The van der Waals surface area contributed by atoms with Crippen LogP contribution in [0.2, 0.25) is 0 Å². The molecule has 0 saturated heterocycles. The number of nitrogens with zero attached hydrogens (tertiary/aromatic N) is 2. The third-order valence-corrected chi connectivity index (χ3v) is 4.79. The molecule has 26 heavy (non-hydrogen) atoms. The van der Waals surface area contributed by atoms with Gasteiger partial charge in [-0.3, -0.25) is 14.7 Å². The molecule has 1 N–H and O–H groups in total. The molecule has 5 nitrogen and oxygen atoms in total. The Hall–Kier alpha value is -2.40. The average Bonchev–Trinajstić information content (AvgIpc) is 2.77. The second-order valence-electron chi connectivity index (χ2n) is 7.23. The number of hydrogen-bond donors (Lipinski definition) is 1. The molecule has 0 saturated carbocycles. The van der Waals surface area contributed by atoms with Gasteiger partial charge >= 0.3 is 0 Å². The number of benzene rings is 1. The van der Waals surface area contributed by atoms with Crippen LogP contribution < -0.4 is 10.1 Å². The normalized spacial score (nSPS) is 16.0. The lowest BCUT2D eigenvalue weighted by Gasteiger charge is -2.30. The SMILES string of the molecule is CC(C)N(CC(=O)NC1c2ccccc2OCc2ncccc21)C(C)C. The molecular formula is C21H27N3O2. The number of ether oxygens (including phenoxy) is 1. The second-order valence-corrected chi connectivity index (χ2v) is 7.23. The molecule has 1 atom stereocenters. The zero-order valence-electron chi connectivity index (χ0n) is 15.9. The largest absolute Gasteiger partial charge is 0.487 e. The highest BCUT2D eigenvalue weighted by molar-refractivity contribution is 5.79. The van der Waals surface area contributed by atoms with Gasteiger partial charge in [0, 0.05) is 29.4 Å². The van der Waals surface area contributed by atoms with Crippen molar-refractivity contribution in [2.24, 2.45) is 0 Å². The molecule has 0 spiro atoms. The van der Waals surface area contributed by atoms with Crippen LogP contribution in [0.25, 0.3) is 0 Å². The molecule has 1 unspecified atom stereocenters. The minimum absolute atomic E-state index is 0.00362. The molecule has 138 valence electrons. The molecule has 0 aliphatic carbocycles. The van der Waals surface area contributed by atoms with Crippen LogP contribution >= 0.6 is 0 Å². The van der Waals surface area contributed by atoms with Crippen LogP contribution in [0.1, 0.15) is 50.6 Å². The summed E-state index contributed by atoms with van der Waals surface area (Å²) in [5.74, 6) is 0.796. The standard InChI is InChI=1S/C21H27N3O2/c1-14(2)24(15(3)4)12-20(25)23-21-16-9-7-11-22-18(16)13-26-19-10-6-5-8-17(19)21/h5-11,14-15,21H,12-13H2,1-4H3,(H,23,25). The van der Waals surface area contributed by atoms with E-state index in [9.17, 15) is 4.79 Å². The van der Waals surface area contributed by atoms with Crippen molar-refractivity contribution >= 4 is 5.91 Å². The average molecular weight is 353 g/mol. The summed E-state index contributed by atoms with van der Waals surface area (Å²) in [5.41, 5.74) is 2.82. The maximum Gasteiger partial charge on any atom is 0.234 e. The topological polar surface area (TPSA) is 54.5 Å². The first kappa shape index (κ1) is 18.4. The Bertz CT molecular complexity index is 718. The van der Waals surface area contributed by atoms with Crippen molar-refractivity contribution in [3.63, 3.8) is 0 Å². The van der Waals surface area contributed by atoms with Gasteiger partial charge in [-0.15, -0.1) is 0 Å². The summed E-state index contributed by atoms with van der Waals surface area (Å²) in [4.78, 5) is 19.5. The van der Waals surface area contributed by atoms with E-state index in [2.05, 4.69) is 42.9 Å². The lowest BCUT2D eigenvalue weighted by Crippen LogP contribution is -2.45. The lowest BCUT2D eigenvalue weighted by atomic mass is 9.97. The van der Waals surface area contributed by atoms with Crippen molar-refractivity contribution in [3.8, 4) is 5.75 Å². The zero-order chi connectivity index (χ0) is 18.7. The van der Waals surface area contributed by atoms with Crippen molar-refractivity contribution in [1.29, 1.82) is 0 Å². The van der Waals surface area contributed by atoms with E-state index < -0.39 is 0 Å². The van der Waals surface area contributed by atoms with Crippen LogP contribution in [0.3, 0.4) is 0 Å². The molecule has 1 aromatic carbocycles. The van der Waals surface area contributed by atoms with Crippen molar-refractivity contribution in [1.82, 2.24) is 15.2 Å². The highest BCUT2D eigenvalue weighted by Gasteiger charge is 2.27. The Labute approximate surface area is 155 Å². The molecule has 1 aliphatic heterocycles. The van der Waals surface area contributed by atoms with Crippen LogP contribution in [0.15, 0.2) is 42.6 Å². The van der Waals surface area contributed by atoms with E-state index in [-0.39, 0.29) is 11.9 Å². The van der Waals surface area contributed by atoms with Crippen molar-refractivity contribution < 1.29 is 9.53 Å². The number of para-hydroxylation sites is 1. The molecule has 2 heterocycles. The van der Waals surface area contributed by atoms with Gasteiger partial charge in [0.1, 0.15) is 12.4 Å². The van der Waals surface area contributed by atoms with Gasteiger partial charge < -0.3 is 10.1 Å². The van der Waals surface area contributed by atoms with Crippen molar-refractivity contribution in [2.45, 2.75) is 52.4 Å². The molecule has 1 amide bonds. The zero-order valence-corrected chi connectivity index (χ0v) is 15.9. The molecule has 3 rings (SSSR count). The van der Waals surface area contributed by atoms with Gasteiger partial charge in [0.05, 0.1) is 18.3 Å². The predicted molar refractivity (Wildman–Crippen MR) is 102 cm³/mol. The number of aromatic nitrogens is 1. The van der Waals surface area contributed by atoms with Gasteiger partial charge in [-0.2, -0.15) is 0 Å². The lowest BCUT2D eigenvalue weighted by molar-refractivity contribution is -0.123. The molecule has 0 fully saturated rings. The molecule has 5 heteroatoms. The number of carbonyl (C=O) groups is 1. The molecule has 0 radical (unpaired) electrons. The Balaban J connectivity index is 1.90. The van der Waals surface area contributed by atoms with Crippen LogP contribution in [-0.4, -0.2) is 34.4 Å². The third kappa shape index (κ3) is 3.88. The van der Waals surface area contributed by atoms with Gasteiger partial charge in [-0.1, -0.05) is 24.3 Å². The van der Waals surface area contributed by atoms with Gasteiger partial charge in [-0.05, 0) is 39.8 Å². The number of pyridine rings is 1. The van der Waals surface area contributed by atoms with Crippen LogP contribution in [0.4, 0.5) is 0 Å².